The van der Waals surface area contributed by atoms with Crippen molar-refractivity contribution in [2.75, 3.05) is 32.8 Å². The number of nitrogens with one attached hydrogen (secondary N) is 1. The zero-order valence-corrected chi connectivity index (χ0v) is 18.0. The Morgan fingerprint density at radius 1 is 1.31 bits per heavy atom. The molecule has 1 aromatic rings. The number of carbonyl (C=O) groups is 2. The first kappa shape index (κ1) is 23.0. The molecule has 1 fully saturated rings. The first-order chi connectivity index (χ1) is 13.8. The number of benzene rings is 1. The van der Waals surface area contributed by atoms with E-state index in [4.69, 9.17) is 14.2 Å². The van der Waals surface area contributed by atoms with Gasteiger partial charge in [-0.3, -0.25) is 4.79 Å². The van der Waals surface area contributed by atoms with Crippen molar-refractivity contribution >= 4 is 12.0 Å². The SMILES string of the molecule is CCN(CCCNC(=O)c1cccc(OCC2CCCO2)c1)C(=O)OC(C)(C)C. The van der Waals surface area contributed by atoms with Crippen molar-refractivity contribution in [3.63, 3.8) is 0 Å². The molecule has 0 aromatic heterocycles. The molecule has 1 atom stereocenters. The van der Waals surface area contributed by atoms with Gasteiger partial charge in [0, 0.05) is 31.8 Å². The van der Waals surface area contributed by atoms with E-state index in [1.54, 1.807) is 23.1 Å². The number of rotatable bonds is 9. The van der Waals surface area contributed by atoms with Gasteiger partial charge in [0.2, 0.25) is 0 Å². The lowest BCUT2D eigenvalue weighted by Crippen LogP contribution is -2.38. The average Bonchev–Trinajstić information content (AvgIpc) is 3.18. The van der Waals surface area contributed by atoms with Crippen molar-refractivity contribution < 1.29 is 23.8 Å². The van der Waals surface area contributed by atoms with Crippen molar-refractivity contribution in [3.8, 4) is 5.75 Å². The zero-order chi connectivity index (χ0) is 21.3. The molecule has 0 aliphatic carbocycles. The highest BCUT2D eigenvalue weighted by Gasteiger charge is 2.21. The molecule has 0 saturated carbocycles. The quantitative estimate of drug-likeness (QED) is 0.634. The van der Waals surface area contributed by atoms with Gasteiger partial charge in [-0.05, 0) is 65.2 Å². The second-order valence-electron chi connectivity index (χ2n) is 8.14. The summed E-state index contributed by atoms with van der Waals surface area (Å²) in [4.78, 5) is 26.2. The fourth-order valence-corrected chi connectivity index (χ4v) is 2.97. The van der Waals surface area contributed by atoms with Crippen LogP contribution in [0.15, 0.2) is 24.3 Å². The fraction of sp³-hybridized carbons (Fsp3) is 0.636. The Morgan fingerprint density at radius 2 is 2.10 bits per heavy atom. The second-order valence-corrected chi connectivity index (χ2v) is 8.14. The van der Waals surface area contributed by atoms with E-state index >= 15 is 0 Å². The molecule has 1 aliphatic heterocycles. The van der Waals surface area contributed by atoms with E-state index in [-0.39, 0.29) is 18.1 Å². The largest absolute Gasteiger partial charge is 0.491 e. The Balaban J connectivity index is 1.74. The molecule has 7 heteroatoms. The lowest BCUT2D eigenvalue weighted by Gasteiger charge is -2.26. The topological polar surface area (TPSA) is 77.1 Å². The summed E-state index contributed by atoms with van der Waals surface area (Å²) in [6.07, 6.45) is 2.54. The van der Waals surface area contributed by atoms with Crippen molar-refractivity contribution in [2.45, 2.75) is 58.7 Å². The maximum absolute atomic E-state index is 12.4. The molecule has 1 aromatic carbocycles. The van der Waals surface area contributed by atoms with Gasteiger partial charge in [-0.2, -0.15) is 0 Å². The predicted octanol–water partition coefficient (Wildman–Crippen LogP) is 3.62. The molecule has 0 bridgehead atoms. The molecule has 0 spiro atoms. The number of nitrogens with zero attached hydrogens (tertiary/aromatic N) is 1. The molecule has 7 nitrogen and oxygen atoms in total. The lowest BCUT2D eigenvalue weighted by atomic mass is 10.2. The molecule has 0 radical (unpaired) electrons. The van der Waals surface area contributed by atoms with Crippen LogP contribution in [0.1, 0.15) is 57.3 Å². The minimum Gasteiger partial charge on any atom is -0.491 e. The first-order valence-corrected chi connectivity index (χ1v) is 10.4. The van der Waals surface area contributed by atoms with E-state index in [9.17, 15) is 9.59 Å². The standard InChI is InChI=1S/C22H34N2O5/c1-5-24(21(26)29-22(2,3)4)13-8-12-23-20(25)17-9-6-10-18(15-17)28-16-19-11-7-14-27-19/h6,9-10,15,19H,5,7-8,11-14,16H2,1-4H3,(H,23,25). The molecule has 1 unspecified atom stereocenters. The van der Waals surface area contributed by atoms with Crippen LogP contribution in [0.5, 0.6) is 5.75 Å². The van der Waals surface area contributed by atoms with E-state index < -0.39 is 5.60 Å². The van der Waals surface area contributed by atoms with E-state index in [2.05, 4.69) is 5.32 Å². The molecule has 2 amide bonds. The summed E-state index contributed by atoms with van der Waals surface area (Å²) in [6.45, 7) is 10.3. The van der Waals surface area contributed by atoms with Crippen molar-refractivity contribution in [1.29, 1.82) is 0 Å². The highest BCUT2D eigenvalue weighted by Crippen LogP contribution is 2.17. The zero-order valence-electron chi connectivity index (χ0n) is 18.0. The van der Waals surface area contributed by atoms with Crippen LogP contribution in [0.3, 0.4) is 0 Å². The minimum absolute atomic E-state index is 0.138. The van der Waals surface area contributed by atoms with Gasteiger partial charge in [-0.15, -0.1) is 0 Å². The van der Waals surface area contributed by atoms with Crippen molar-refractivity contribution in [3.05, 3.63) is 29.8 Å². The van der Waals surface area contributed by atoms with Crippen LogP contribution in [0.4, 0.5) is 4.79 Å². The number of hydrogen-bond acceptors (Lipinski definition) is 5. The van der Waals surface area contributed by atoms with Crippen LogP contribution in [0.25, 0.3) is 0 Å². The van der Waals surface area contributed by atoms with Crippen LogP contribution >= 0.6 is 0 Å². The summed E-state index contributed by atoms with van der Waals surface area (Å²) in [5.74, 6) is 0.503. The van der Waals surface area contributed by atoms with Crippen LogP contribution in [-0.2, 0) is 9.47 Å². The van der Waals surface area contributed by atoms with Gasteiger partial charge >= 0.3 is 6.09 Å². The molecule has 162 valence electrons. The first-order valence-electron chi connectivity index (χ1n) is 10.4. The van der Waals surface area contributed by atoms with Crippen LogP contribution < -0.4 is 10.1 Å². The fourth-order valence-electron chi connectivity index (χ4n) is 2.97. The minimum atomic E-state index is -0.518. The van der Waals surface area contributed by atoms with Gasteiger partial charge in [-0.25, -0.2) is 4.79 Å². The van der Waals surface area contributed by atoms with Crippen molar-refractivity contribution in [1.82, 2.24) is 10.2 Å². The summed E-state index contributed by atoms with van der Waals surface area (Å²) >= 11 is 0. The third-order valence-corrected chi connectivity index (χ3v) is 4.48. The maximum atomic E-state index is 12.4. The summed E-state index contributed by atoms with van der Waals surface area (Å²) in [7, 11) is 0. The smallest absolute Gasteiger partial charge is 0.410 e. The van der Waals surface area contributed by atoms with Gasteiger partial charge < -0.3 is 24.4 Å². The highest BCUT2D eigenvalue weighted by atomic mass is 16.6. The number of ether oxygens (including phenoxy) is 3. The monoisotopic (exact) mass is 406 g/mol. The molecule has 1 aliphatic rings. The summed E-state index contributed by atoms with van der Waals surface area (Å²) < 4.78 is 16.7. The lowest BCUT2D eigenvalue weighted by molar-refractivity contribution is 0.0259. The Hall–Kier alpha value is -2.28. The van der Waals surface area contributed by atoms with Gasteiger partial charge in [0.25, 0.3) is 5.91 Å². The Labute approximate surface area is 173 Å². The molecule has 1 saturated heterocycles. The third kappa shape index (κ3) is 8.31. The Morgan fingerprint density at radius 3 is 2.76 bits per heavy atom. The van der Waals surface area contributed by atoms with Crippen LogP contribution in [-0.4, -0.2) is 61.5 Å². The predicted molar refractivity (Wildman–Crippen MR) is 111 cm³/mol. The van der Waals surface area contributed by atoms with E-state index in [0.29, 0.717) is 44.0 Å². The van der Waals surface area contributed by atoms with E-state index in [1.165, 1.54) is 0 Å². The second kappa shape index (κ2) is 11.0. The molecule has 1 N–H and O–H groups in total. The Kier molecular flexibility index (Phi) is 8.76. The van der Waals surface area contributed by atoms with E-state index in [0.717, 1.165) is 19.4 Å². The van der Waals surface area contributed by atoms with Crippen LogP contribution in [0.2, 0.25) is 0 Å². The molecular weight excluding hydrogens is 372 g/mol. The summed E-state index contributed by atoms with van der Waals surface area (Å²) in [5, 5.41) is 2.89. The van der Waals surface area contributed by atoms with Crippen molar-refractivity contribution in [2.24, 2.45) is 0 Å². The van der Waals surface area contributed by atoms with Gasteiger partial charge in [0.1, 0.15) is 18.0 Å². The number of amides is 2. The van der Waals surface area contributed by atoms with Gasteiger partial charge in [0.05, 0.1) is 6.10 Å². The van der Waals surface area contributed by atoms with Gasteiger partial charge in [0.15, 0.2) is 0 Å². The van der Waals surface area contributed by atoms with Crippen LogP contribution in [0, 0.1) is 0 Å². The van der Waals surface area contributed by atoms with E-state index in [1.807, 2.05) is 33.8 Å². The highest BCUT2D eigenvalue weighted by molar-refractivity contribution is 5.94. The Bertz CT molecular complexity index is 665. The maximum Gasteiger partial charge on any atom is 0.410 e. The molecule has 1 heterocycles. The molecule has 29 heavy (non-hydrogen) atoms. The average molecular weight is 407 g/mol. The molecule has 2 rings (SSSR count). The normalized spacial score (nSPS) is 16.3. The number of hydrogen-bond donors (Lipinski definition) is 1. The van der Waals surface area contributed by atoms with Gasteiger partial charge in [-0.1, -0.05) is 6.07 Å². The third-order valence-electron chi connectivity index (χ3n) is 4.48. The summed E-state index contributed by atoms with van der Waals surface area (Å²) in [5.41, 5.74) is 0.0321. The molecular formula is C22H34N2O5. The number of carbonyl (C=O) groups excluding carboxylic acids is 2. The summed E-state index contributed by atoms with van der Waals surface area (Å²) in [6, 6.07) is 7.14.